The van der Waals surface area contributed by atoms with Crippen molar-refractivity contribution in [1.29, 1.82) is 0 Å². The Hall–Kier alpha value is -2.63. The van der Waals surface area contributed by atoms with Crippen molar-refractivity contribution < 1.29 is 9.53 Å². The van der Waals surface area contributed by atoms with Gasteiger partial charge in [-0.25, -0.2) is 0 Å². The number of carbonyl (C=O) groups is 1. The molecule has 1 aromatic heterocycles. The summed E-state index contributed by atoms with van der Waals surface area (Å²) in [5.41, 5.74) is 0.873. The number of rotatable bonds is 7. The van der Waals surface area contributed by atoms with Gasteiger partial charge in [0, 0.05) is 6.54 Å². The second-order valence-electron chi connectivity index (χ2n) is 4.61. The lowest BCUT2D eigenvalue weighted by atomic mass is 10.2. The monoisotopic (exact) mass is 300 g/mol. The van der Waals surface area contributed by atoms with Gasteiger partial charge in [-0.1, -0.05) is 19.1 Å². The SMILES string of the molecule is CCCNc1ccc(C(=O)Nc2ccccc2OCC)nn1. The van der Waals surface area contributed by atoms with Crippen LogP contribution in [0.1, 0.15) is 30.8 Å². The molecule has 1 aromatic carbocycles. The van der Waals surface area contributed by atoms with E-state index in [1.165, 1.54) is 0 Å². The molecule has 0 atom stereocenters. The molecule has 0 radical (unpaired) electrons. The maximum Gasteiger partial charge on any atom is 0.276 e. The van der Waals surface area contributed by atoms with Crippen molar-refractivity contribution in [2.45, 2.75) is 20.3 Å². The van der Waals surface area contributed by atoms with Gasteiger partial charge in [-0.05, 0) is 37.6 Å². The van der Waals surface area contributed by atoms with Gasteiger partial charge in [0.15, 0.2) is 5.69 Å². The molecule has 1 amide bonds. The number of hydrogen-bond donors (Lipinski definition) is 2. The van der Waals surface area contributed by atoms with Crippen molar-refractivity contribution in [2.24, 2.45) is 0 Å². The number of aromatic nitrogens is 2. The van der Waals surface area contributed by atoms with Crippen molar-refractivity contribution in [1.82, 2.24) is 10.2 Å². The lowest BCUT2D eigenvalue weighted by Gasteiger charge is -2.10. The van der Waals surface area contributed by atoms with Gasteiger partial charge in [-0.2, -0.15) is 0 Å². The quantitative estimate of drug-likeness (QED) is 0.822. The Morgan fingerprint density at radius 2 is 1.95 bits per heavy atom. The van der Waals surface area contributed by atoms with Crippen LogP contribution in [0.4, 0.5) is 11.5 Å². The molecule has 22 heavy (non-hydrogen) atoms. The highest BCUT2D eigenvalue weighted by Gasteiger charge is 2.11. The summed E-state index contributed by atoms with van der Waals surface area (Å²) in [6.07, 6.45) is 0.998. The fraction of sp³-hybridized carbons (Fsp3) is 0.312. The summed E-state index contributed by atoms with van der Waals surface area (Å²) in [6, 6.07) is 10.7. The molecule has 0 aliphatic heterocycles. The van der Waals surface area contributed by atoms with E-state index in [1.54, 1.807) is 18.2 Å². The van der Waals surface area contributed by atoms with Gasteiger partial charge in [0.1, 0.15) is 11.6 Å². The Bertz CT molecular complexity index is 614. The number of ether oxygens (including phenoxy) is 1. The average Bonchev–Trinajstić information content (AvgIpc) is 2.55. The summed E-state index contributed by atoms with van der Waals surface area (Å²) in [4.78, 5) is 12.2. The number of amides is 1. The van der Waals surface area contributed by atoms with E-state index >= 15 is 0 Å². The Morgan fingerprint density at radius 1 is 1.14 bits per heavy atom. The number of nitrogens with one attached hydrogen (secondary N) is 2. The molecular formula is C16H20N4O2. The molecule has 0 saturated heterocycles. The third-order valence-electron chi connectivity index (χ3n) is 2.89. The third kappa shape index (κ3) is 4.18. The fourth-order valence-corrected chi connectivity index (χ4v) is 1.84. The molecule has 2 aromatic rings. The second-order valence-corrected chi connectivity index (χ2v) is 4.61. The van der Waals surface area contributed by atoms with Crippen molar-refractivity contribution in [3.8, 4) is 5.75 Å². The van der Waals surface area contributed by atoms with E-state index in [0.717, 1.165) is 13.0 Å². The molecule has 2 rings (SSSR count). The van der Waals surface area contributed by atoms with Crippen LogP contribution < -0.4 is 15.4 Å². The summed E-state index contributed by atoms with van der Waals surface area (Å²) in [5.74, 6) is 0.974. The molecule has 0 fully saturated rings. The molecule has 0 spiro atoms. The van der Waals surface area contributed by atoms with Gasteiger partial charge in [-0.3, -0.25) is 4.79 Å². The van der Waals surface area contributed by atoms with Crippen molar-refractivity contribution >= 4 is 17.4 Å². The summed E-state index contributed by atoms with van der Waals surface area (Å²) in [5, 5.41) is 13.8. The highest BCUT2D eigenvalue weighted by Crippen LogP contribution is 2.24. The van der Waals surface area contributed by atoms with Crippen LogP contribution >= 0.6 is 0 Å². The van der Waals surface area contributed by atoms with E-state index in [1.807, 2.05) is 25.1 Å². The summed E-state index contributed by atoms with van der Waals surface area (Å²) >= 11 is 0. The van der Waals surface area contributed by atoms with Crippen LogP contribution in [0.25, 0.3) is 0 Å². The molecule has 1 heterocycles. The minimum absolute atomic E-state index is 0.258. The zero-order chi connectivity index (χ0) is 15.8. The normalized spacial score (nSPS) is 10.1. The first-order valence-corrected chi connectivity index (χ1v) is 7.35. The summed E-state index contributed by atoms with van der Waals surface area (Å²) < 4.78 is 5.48. The van der Waals surface area contributed by atoms with Gasteiger partial charge in [0.2, 0.25) is 0 Å². The summed E-state index contributed by atoms with van der Waals surface area (Å²) in [6.45, 7) is 5.32. The van der Waals surface area contributed by atoms with Gasteiger partial charge in [0.25, 0.3) is 5.91 Å². The van der Waals surface area contributed by atoms with Crippen LogP contribution in [0.2, 0.25) is 0 Å². The highest BCUT2D eigenvalue weighted by atomic mass is 16.5. The zero-order valence-electron chi connectivity index (χ0n) is 12.8. The Morgan fingerprint density at radius 3 is 2.64 bits per heavy atom. The van der Waals surface area contributed by atoms with E-state index in [0.29, 0.717) is 23.9 Å². The van der Waals surface area contributed by atoms with Crippen LogP contribution in [0.3, 0.4) is 0 Å². The van der Waals surface area contributed by atoms with Crippen molar-refractivity contribution in [3.05, 3.63) is 42.1 Å². The maximum atomic E-state index is 12.2. The lowest BCUT2D eigenvalue weighted by Crippen LogP contribution is -2.15. The number of nitrogens with zero attached hydrogens (tertiary/aromatic N) is 2. The van der Waals surface area contributed by atoms with Crippen LogP contribution in [0.15, 0.2) is 36.4 Å². The van der Waals surface area contributed by atoms with E-state index in [4.69, 9.17) is 4.74 Å². The first kappa shape index (κ1) is 15.8. The van der Waals surface area contributed by atoms with E-state index in [2.05, 4.69) is 27.8 Å². The molecule has 2 N–H and O–H groups in total. The smallest absolute Gasteiger partial charge is 0.276 e. The van der Waals surface area contributed by atoms with E-state index in [-0.39, 0.29) is 11.6 Å². The maximum absolute atomic E-state index is 12.2. The third-order valence-corrected chi connectivity index (χ3v) is 2.89. The van der Waals surface area contributed by atoms with Gasteiger partial charge < -0.3 is 15.4 Å². The summed E-state index contributed by atoms with van der Waals surface area (Å²) in [7, 11) is 0. The average molecular weight is 300 g/mol. The Kier molecular flexibility index (Phi) is 5.71. The first-order valence-electron chi connectivity index (χ1n) is 7.35. The second kappa shape index (κ2) is 7.97. The van der Waals surface area contributed by atoms with Crippen LogP contribution in [0, 0.1) is 0 Å². The number of carbonyl (C=O) groups excluding carboxylic acids is 1. The van der Waals surface area contributed by atoms with Gasteiger partial charge >= 0.3 is 0 Å². The van der Waals surface area contributed by atoms with Crippen LogP contribution in [0.5, 0.6) is 5.75 Å². The standard InChI is InChI=1S/C16H20N4O2/c1-3-11-17-15-10-9-13(19-20-15)16(21)18-12-7-5-6-8-14(12)22-4-2/h5-10H,3-4,11H2,1-2H3,(H,17,20)(H,18,21). The van der Waals surface area contributed by atoms with Crippen molar-refractivity contribution in [3.63, 3.8) is 0 Å². The van der Waals surface area contributed by atoms with Gasteiger partial charge in [0.05, 0.1) is 12.3 Å². The predicted molar refractivity (Wildman–Crippen MR) is 86.4 cm³/mol. The topological polar surface area (TPSA) is 76.1 Å². The highest BCUT2D eigenvalue weighted by molar-refractivity contribution is 6.03. The number of hydrogen-bond acceptors (Lipinski definition) is 5. The number of anilines is 2. The molecule has 0 aliphatic carbocycles. The number of para-hydroxylation sites is 2. The molecule has 0 aliphatic rings. The zero-order valence-corrected chi connectivity index (χ0v) is 12.8. The van der Waals surface area contributed by atoms with Crippen LogP contribution in [-0.4, -0.2) is 29.3 Å². The number of benzene rings is 1. The molecule has 0 unspecified atom stereocenters. The minimum Gasteiger partial charge on any atom is -0.492 e. The van der Waals surface area contributed by atoms with Gasteiger partial charge in [-0.15, -0.1) is 10.2 Å². The molecule has 116 valence electrons. The fourth-order valence-electron chi connectivity index (χ4n) is 1.84. The van der Waals surface area contributed by atoms with Crippen molar-refractivity contribution in [2.75, 3.05) is 23.8 Å². The van der Waals surface area contributed by atoms with Crippen LogP contribution in [-0.2, 0) is 0 Å². The van der Waals surface area contributed by atoms with E-state index in [9.17, 15) is 4.79 Å². The minimum atomic E-state index is -0.318. The molecular weight excluding hydrogens is 280 g/mol. The Balaban J connectivity index is 2.06. The van der Waals surface area contributed by atoms with E-state index < -0.39 is 0 Å². The lowest BCUT2D eigenvalue weighted by molar-refractivity contribution is 0.102. The predicted octanol–water partition coefficient (Wildman–Crippen LogP) is 2.95. The molecule has 0 bridgehead atoms. The first-order chi connectivity index (χ1) is 10.7. The molecule has 6 nitrogen and oxygen atoms in total. The Labute approximate surface area is 129 Å². The largest absolute Gasteiger partial charge is 0.492 e. The molecule has 0 saturated carbocycles. The molecule has 6 heteroatoms.